The fourth-order valence-corrected chi connectivity index (χ4v) is 2.44. The molecule has 13 heavy (non-hydrogen) atoms. The summed E-state index contributed by atoms with van der Waals surface area (Å²) >= 11 is 1.85. The molecule has 0 unspecified atom stereocenters. The van der Waals surface area contributed by atoms with Gasteiger partial charge in [-0.15, -0.1) is 11.3 Å². The zero-order chi connectivity index (χ0) is 9.68. The second-order valence-electron chi connectivity index (χ2n) is 3.11. The van der Waals surface area contributed by atoms with Crippen LogP contribution in [0.3, 0.4) is 0 Å². The van der Waals surface area contributed by atoms with Crippen molar-refractivity contribution in [2.24, 2.45) is 0 Å². The fraction of sp³-hybridized carbons (Fsp3) is 0.700. The minimum Gasteiger partial charge on any atom is -0.314 e. The highest BCUT2D eigenvalue weighted by atomic mass is 32.1. The Morgan fingerprint density at radius 2 is 2.15 bits per heavy atom. The highest BCUT2D eigenvalue weighted by molar-refractivity contribution is 7.11. The van der Waals surface area contributed by atoms with E-state index in [1.54, 1.807) is 0 Å². The predicted octanol–water partition coefficient (Wildman–Crippen LogP) is 2.38. The van der Waals surface area contributed by atoms with Crippen molar-refractivity contribution in [1.82, 2.24) is 10.3 Å². The van der Waals surface area contributed by atoms with Crippen molar-refractivity contribution in [3.05, 3.63) is 15.6 Å². The molecule has 0 spiro atoms. The zero-order valence-electron chi connectivity index (χ0n) is 8.68. The van der Waals surface area contributed by atoms with Gasteiger partial charge >= 0.3 is 0 Å². The Morgan fingerprint density at radius 3 is 2.69 bits per heavy atom. The molecule has 0 amide bonds. The maximum absolute atomic E-state index is 4.62. The smallest absolute Gasteiger partial charge is 0.107 e. The topological polar surface area (TPSA) is 24.9 Å². The Labute approximate surface area is 84.4 Å². The van der Waals surface area contributed by atoms with Crippen LogP contribution in [0.25, 0.3) is 0 Å². The van der Waals surface area contributed by atoms with Crippen LogP contribution in [0.15, 0.2) is 0 Å². The van der Waals surface area contributed by atoms with E-state index in [9.17, 15) is 0 Å². The standard InChI is InChI=1S/C10H18N2S/c1-4-6-8-9(5-2)13-10(12-8)7-11-3/h11H,4-7H2,1-3H3. The number of aryl methyl sites for hydroxylation is 2. The maximum atomic E-state index is 4.62. The average molecular weight is 198 g/mol. The van der Waals surface area contributed by atoms with Crippen molar-refractivity contribution in [3.8, 4) is 0 Å². The van der Waals surface area contributed by atoms with Gasteiger partial charge in [-0.2, -0.15) is 0 Å². The van der Waals surface area contributed by atoms with Crippen molar-refractivity contribution in [1.29, 1.82) is 0 Å². The van der Waals surface area contributed by atoms with Crippen LogP contribution in [-0.4, -0.2) is 12.0 Å². The van der Waals surface area contributed by atoms with Gasteiger partial charge in [-0.05, 0) is 19.9 Å². The molecule has 0 radical (unpaired) electrons. The first-order chi connectivity index (χ1) is 6.31. The minimum absolute atomic E-state index is 0.904. The van der Waals surface area contributed by atoms with Gasteiger partial charge in [0.05, 0.1) is 5.69 Å². The summed E-state index contributed by atoms with van der Waals surface area (Å²) in [6.07, 6.45) is 3.44. The van der Waals surface area contributed by atoms with Gasteiger partial charge < -0.3 is 5.32 Å². The van der Waals surface area contributed by atoms with Crippen molar-refractivity contribution < 1.29 is 0 Å². The Balaban J connectivity index is 2.77. The van der Waals surface area contributed by atoms with Gasteiger partial charge in [-0.25, -0.2) is 4.98 Å². The zero-order valence-corrected chi connectivity index (χ0v) is 9.50. The third kappa shape index (κ3) is 2.78. The van der Waals surface area contributed by atoms with Gasteiger partial charge in [0.1, 0.15) is 5.01 Å². The fourth-order valence-electron chi connectivity index (χ4n) is 1.37. The minimum atomic E-state index is 0.904. The molecule has 0 aliphatic heterocycles. The molecule has 1 rings (SSSR count). The van der Waals surface area contributed by atoms with Crippen LogP contribution in [0.4, 0.5) is 0 Å². The summed E-state index contributed by atoms with van der Waals surface area (Å²) in [6.45, 7) is 5.31. The Morgan fingerprint density at radius 1 is 1.38 bits per heavy atom. The first kappa shape index (κ1) is 10.7. The maximum Gasteiger partial charge on any atom is 0.107 e. The summed E-state index contributed by atoms with van der Waals surface area (Å²) in [4.78, 5) is 6.08. The molecule has 0 saturated heterocycles. The number of thiazole rings is 1. The molecular weight excluding hydrogens is 180 g/mol. The van der Waals surface area contributed by atoms with Crippen LogP contribution in [0.2, 0.25) is 0 Å². The summed E-state index contributed by atoms with van der Waals surface area (Å²) in [5, 5.41) is 4.36. The number of nitrogens with one attached hydrogen (secondary N) is 1. The van der Waals surface area contributed by atoms with Crippen molar-refractivity contribution in [2.45, 2.75) is 39.7 Å². The SMILES string of the molecule is CCCc1nc(CNC)sc1CC. The van der Waals surface area contributed by atoms with E-state index >= 15 is 0 Å². The molecule has 0 fully saturated rings. The number of aromatic nitrogens is 1. The monoisotopic (exact) mass is 198 g/mol. The molecule has 3 heteroatoms. The molecule has 1 N–H and O–H groups in total. The van der Waals surface area contributed by atoms with E-state index in [4.69, 9.17) is 0 Å². The number of nitrogens with zero attached hydrogens (tertiary/aromatic N) is 1. The van der Waals surface area contributed by atoms with E-state index in [1.165, 1.54) is 22.0 Å². The predicted molar refractivity (Wildman–Crippen MR) is 58.3 cm³/mol. The number of hydrogen-bond acceptors (Lipinski definition) is 3. The average Bonchev–Trinajstić information content (AvgIpc) is 2.49. The number of rotatable bonds is 5. The first-order valence-corrected chi connectivity index (χ1v) is 5.75. The van der Waals surface area contributed by atoms with Crippen molar-refractivity contribution in [2.75, 3.05) is 7.05 Å². The summed E-state index contributed by atoms with van der Waals surface area (Å²) < 4.78 is 0. The summed E-state index contributed by atoms with van der Waals surface area (Å²) in [6, 6.07) is 0. The molecular formula is C10H18N2S. The van der Waals surface area contributed by atoms with Gasteiger partial charge in [0.2, 0.25) is 0 Å². The molecule has 0 aliphatic rings. The lowest BCUT2D eigenvalue weighted by molar-refractivity contribution is 0.794. The van der Waals surface area contributed by atoms with Crippen LogP contribution in [0.1, 0.15) is 35.8 Å². The molecule has 74 valence electrons. The lowest BCUT2D eigenvalue weighted by Crippen LogP contribution is -2.04. The van der Waals surface area contributed by atoms with E-state index in [0.29, 0.717) is 0 Å². The second-order valence-corrected chi connectivity index (χ2v) is 4.28. The van der Waals surface area contributed by atoms with E-state index in [-0.39, 0.29) is 0 Å². The molecule has 1 aromatic heterocycles. The van der Waals surface area contributed by atoms with E-state index in [2.05, 4.69) is 24.1 Å². The van der Waals surface area contributed by atoms with E-state index in [0.717, 1.165) is 19.4 Å². The lowest BCUT2D eigenvalue weighted by atomic mass is 10.2. The van der Waals surface area contributed by atoms with Crippen LogP contribution < -0.4 is 5.32 Å². The summed E-state index contributed by atoms with van der Waals surface area (Å²) in [7, 11) is 1.96. The highest BCUT2D eigenvalue weighted by Crippen LogP contribution is 2.20. The van der Waals surface area contributed by atoms with Gasteiger partial charge in [0.25, 0.3) is 0 Å². The molecule has 1 heterocycles. The molecule has 0 aliphatic carbocycles. The van der Waals surface area contributed by atoms with Crippen LogP contribution in [0, 0.1) is 0 Å². The molecule has 0 saturated carbocycles. The van der Waals surface area contributed by atoms with E-state index in [1.807, 2.05) is 18.4 Å². The van der Waals surface area contributed by atoms with Crippen LogP contribution in [0.5, 0.6) is 0 Å². The molecule has 0 aromatic carbocycles. The molecule has 0 atom stereocenters. The Kier molecular flexibility index (Phi) is 4.39. The highest BCUT2D eigenvalue weighted by Gasteiger charge is 2.07. The van der Waals surface area contributed by atoms with Crippen LogP contribution >= 0.6 is 11.3 Å². The third-order valence-corrected chi connectivity index (χ3v) is 3.20. The van der Waals surface area contributed by atoms with Gasteiger partial charge in [-0.1, -0.05) is 20.3 Å². The Hall–Kier alpha value is -0.410. The van der Waals surface area contributed by atoms with Crippen molar-refractivity contribution in [3.63, 3.8) is 0 Å². The quantitative estimate of drug-likeness (QED) is 0.785. The molecule has 2 nitrogen and oxygen atoms in total. The van der Waals surface area contributed by atoms with Crippen molar-refractivity contribution >= 4 is 11.3 Å². The summed E-state index contributed by atoms with van der Waals surface area (Å²) in [5.74, 6) is 0. The first-order valence-electron chi connectivity index (χ1n) is 4.93. The normalized spacial score (nSPS) is 10.7. The Bertz CT molecular complexity index is 255. The van der Waals surface area contributed by atoms with Gasteiger partial charge in [0, 0.05) is 11.4 Å². The largest absolute Gasteiger partial charge is 0.314 e. The lowest BCUT2D eigenvalue weighted by Gasteiger charge is -1.94. The molecule has 0 bridgehead atoms. The number of hydrogen-bond donors (Lipinski definition) is 1. The van der Waals surface area contributed by atoms with E-state index < -0.39 is 0 Å². The molecule has 1 aromatic rings. The summed E-state index contributed by atoms with van der Waals surface area (Å²) in [5.41, 5.74) is 1.32. The second kappa shape index (κ2) is 5.35. The van der Waals surface area contributed by atoms with Gasteiger partial charge in [0.15, 0.2) is 0 Å². The third-order valence-electron chi connectivity index (χ3n) is 1.96. The van der Waals surface area contributed by atoms with Crippen LogP contribution in [-0.2, 0) is 19.4 Å². The van der Waals surface area contributed by atoms with Gasteiger partial charge in [-0.3, -0.25) is 0 Å².